The fraction of sp³-hybridized carbons (Fsp3) is 0.600. The topological polar surface area (TPSA) is 55.4 Å². The van der Waals surface area contributed by atoms with Crippen molar-refractivity contribution < 1.29 is 14.3 Å². The van der Waals surface area contributed by atoms with Crippen LogP contribution in [0, 0.1) is 5.92 Å². The lowest BCUT2D eigenvalue weighted by atomic mass is 9.88. The van der Waals surface area contributed by atoms with Crippen LogP contribution in [0.5, 0.6) is 0 Å². The molecule has 4 heteroatoms. The van der Waals surface area contributed by atoms with Crippen molar-refractivity contribution in [2.24, 2.45) is 5.92 Å². The van der Waals surface area contributed by atoms with Gasteiger partial charge in [0, 0.05) is 11.6 Å². The van der Waals surface area contributed by atoms with Crippen molar-refractivity contribution in [3.05, 3.63) is 29.8 Å². The van der Waals surface area contributed by atoms with Crippen molar-refractivity contribution in [3.63, 3.8) is 0 Å². The number of carbonyl (C=O) groups excluding carboxylic acids is 2. The predicted molar refractivity (Wildman–Crippen MR) is 96.1 cm³/mol. The number of unbranched alkanes of at least 4 members (excludes halogenated alkanes) is 3. The van der Waals surface area contributed by atoms with Crippen LogP contribution in [0.2, 0.25) is 0 Å². The van der Waals surface area contributed by atoms with Gasteiger partial charge >= 0.3 is 5.97 Å². The van der Waals surface area contributed by atoms with Gasteiger partial charge in [-0.3, -0.25) is 4.79 Å². The second-order valence-corrected chi connectivity index (χ2v) is 6.60. The average molecular weight is 331 g/mol. The number of carbonyl (C=O) groups is 2. The molecule has 1 saturated carbocycles. The fourth-order valence-electron chi connectivity index (χ4n) is 3.08. The molecule has 0 atom stereocenters. The highest BCUT2D eigenvalue weighted by molar-refractivity contribution is 5.94. The van der Waals surface area contributed by atoms with E-state index < -0.39 is 0 Å². The molecule has 1 aromatic carbocycles. The minimum atomic E-state index is -0.295. The van der Waals surface area contributed by atoms with Crippen LogP contribution < -0.4 is 5.32 Å². The van der Waals surface area contributed by atoms with E-state index in [2.05, 4.69) is 12.2 Å². The minimum absolute atomic E-state index is 0.0981. The molecule has 1 aromatic rings. The van der Waals surface area contributed by atoms with Gasteiger partial charge in [-0.25, -0.2) is 4.79 Å². The predicted octanol–water partition coefficient (Wildman–Crippen LogP) is 4.94. The molecule has 0 radical (unpaired) electrons. The van der Waals surface area contributed by atoms with Crippen molar-refractivity contribution in [1.29, 1.82) is 0 Å². The molecule has 1 N–H and O–H groups in total. The summed E-state index contributed by atoms with van der Waals surface area (Å²) in [5.74, 6) is -0.0656. The van der Waals surface area contributed by atoms with E-state index in [-0.39, 0.29) is 17.8 Å². The SMILES string of the molecule is CCCCCCOC(=O)c1ccc(NC(=O)C2CCCCC2)cc1. The zero-order valence-electron chi connectivity index (χ0n) is 14.7. The molecule has 1 fully saturated rings. The molecule has 0 unspecified atom stereocenters. The fourth-order valence-corrected chi connectivity index (χ4v) is 3.08. The first-order chi connectivity index (χ1) is 11.7. The Balaban J connectivity index is 1.77. The standard InChI is InChI=1S/C20H29NO3/c1-2-3-4-8-15-24-20(23)17-11-13-18(14-12-17)21-19(22)16-9-6-5-7-10-16/h11-14,16H,2-10,15H2,1H3,(H,21,22). The Morgan fingerprint density at radius 2 is 1.75 bits per heavy atom. The van der Waals surface area contributed by atoms with E-state index in [0.717, 1.165) is 44.2 Å². The number of esters is 1. The normalized spacial score (nSPS) is 15.0. The molecular weight excluding hydrogens is 302 g/mol. The first kappa shape index (κ1) is 18.5. The van der Waals surface area contributed by atoms with Crippen LogP contribution in [0.25, 0.3) is 0 Å². The van der Waals surface area contributed by atoms with Crippen LogP contribution in [0.3, 0.4) is 0 Å². The Morgan fingerprint density at radius 1 is 1.04 bits per heavy atom. The van der Waals surface area contributed by atoms with Crippen LogP contribution in [0.1, 0.15) is 75.1 Å². The molecule has 0 bridgehead atoms. The van der Waals surface area contributed by atoms with Crippen LogP contribution in [0.4, 0.5) is 5.69 Å². The second kappa shape index (κ2) is 10.1. The summed E-state index contributed by atoms with van der Waals surface area (Å²) in [4.78, 5) is 24.2. The van der Waals surface area contributed by atoms with Gasteiger partial charge in [0.15, 0.2) is 0 Å². The van der Waals surface area contributed by atoms with Gasteiger partial charge in [-0.2, -0.15) is 0 Å². The third kappa shape index (κ3) is 5.99. The molecule has 132 valence electrons. The molecule has 1 amide bonds. The molecule has 0 saturated heterocycles. The summed E-state index contributed by atoms with van der Waals surface area (Å²) < 4.78 is 5.26. The highest BCUT2D eigenvalue weighted by Crippen LogP contribution is 2.25. The molecule has 0 aliphatic heterocycles. The molecule has 2 rings (SSSR count). The Morgan fingerprint density at radius 3 is 2.42 bits per heavy atom. The van der Waals surface area contributed by atoms with Crippen LogP contribution in [0.15, 0.2) is 24.3 Å². The van der Waals surface area contributed by atoms with Gasteiger partial charge in [-0.05, 0) is 43.5 Å². The summed E-state index contributed by atoms with van der Waals surface area (Å²) in [5.41, 5.74) is 1.27. The van der Waals surface area contributed by atoms with Gasteiger partial charge < -0.3 is 10.1 Å². The summed E-state index contributed by atoms with van der Waals surface area (Å²) in [6, 6.07) is 6.97. The third-order valence-electron chi connectivity index (χ3n) is 4.60. The van der Waals surface area contributed by atoms with E-state index in [9.17, 15) is 9.59 Å². The number of rotatable bonds is 8. The van der Waals surface area contributed by atoms with Gasteiger partial charge in [0.25, 0.3) is 0 Å². The largest absolute Gasteiger partial charge is 0.462 e. The number of ether oxygens (including phenoxy) is 1. The lowest BCUT2D eigenvalue weighted by molar-refractivity contribution is -0.120. The van der Waals surface area contributed by atoms with Gasteiger partial charge in [-0.15, -0.1) is 0 Å². The monoisotopic (exact) mass is 331 g/mol. The number of anilines is 1. The molecule has 24 heavy (non-hydrogen) atoms. The average Bonchev–Trinajstić information content (AvgIpc) is 2.62. The maximum absolute atomic E-state index is 12.2. The van der Waals surface area contributed by atoms with Gasteiger partial charge in [0.1, 0.15) is 0 Å². The van der Waals surface area contributed by atoms with Gasteiger partial charge in [-0.1, -0.05) is 45.4 Å². The number of nitrogens with one attached hydrogen (secondary N) is 1. The summed E-state index contributed by atoms with van der Waals surface area (Å²) in [5, 5.41) is 2.95. The van der Waals surface area contributed by atoms with Crippen molar-refractivity contribution in [2.45, 2.75) is 64.7 Å². The third-order valence-corrected chi connectivity index (χ3v) is 4.60. The molecule has 0 spiro atoms. The number of benzene rings is 1. The molecule has 1 aliphatic carbocycles. The van der Waals surface area contributed by atoms with Gasteiger partial charge in [0.05, 0.1) is 12.2 Å². The van der Waals surface area contributed by atoms with E-state index in [4.69, 9.17) is 4.74 Å². The maximum atomic E-state index is 12.2. The summed E-state index contributed by atoms with van der Waals surface area (Å²) in [6.07, 6.45) is 9.82. The Kier molecular flexibility index (Phi) is 7.80. The van der Waals surface area contributed by atoms with Crippen molar-refractivity contribution >= 4 is 17.6 Å². The highest BCUT2D eigenvalue weighted by atomic mass is 16.5. The van der Waals surface area contributed by atoms with Crippen LogP contribution in [-0.2, 0) is 9.53 Å². The molecule has 0 heterocycles. The molecule has 1 aliphatic rings. The van der Waals surface area contributed by atoms with Crippen LogP contribution in [-0.4, -0.2) is 18.5 Å². The Hall–Kier alpha value is -1.84. The number of amides is 1. The Bertz CT molecular complexity index is 518. The summed E-state index contributed by atoms with van der Waals surface area (Å²) in [7, 11) is 0. The first-order valence-electron chi connectivity index (χ1n) is 9.28. The lowest BCUT2D eigenvalue weighted by Gasteiger charge is -2.20. The molecular formula is C20H29NO3. The van der Waals surface area contributed by atoms with E-state index in [1.54, 1.807) is 24.3 Å². The van der Waals surface area contributed by atoms with E-state index >= 15 is 0 Å². The van der Waals surface area contributed by atoms with Gasteiger partial charge in [0.2, 0.25) is 5.91 Å². The summed E-state index contributed by atoms with van der Waals surface area (Å²) in [6.45, 7) is 2.62. The summed E-state index contributed by atoms with van der Waals surface area (Å²) >= 11 is 0. The van der Waals surface area contributed by atoms with E-state index in [1.165, 1.54) is 19.3 Å². The van der Waals surface area contributed by atoms with Crippen molar-refractivity contribution in [3.8, 4) is 0 Å². The van der Waals surface area contributed by atoms with E-state index in [0.29, 0.717) is 12.2 Å². The zero-order valence-corrected chi connectivity index (χ0v) is 14.7. The number of hydrogen-bond donors (Lipinski definition) is 1. The molecule has 0 aromatic heterocycles. The second-order valence-electron chi connectivity index (χ2n) is 6.60. The molecule has 4 nitrogen and oxygen atoms in total. The highest BCUT2D eigenvalue weighted by Gasteiger charge is 2.21. The van der Waals surface area contributed by atoms with E-state index in [1.807, 2.05) is 0 Å². The minimum Gasteiger partial charge on any atom is -0.462 e. The zero-order chi connectivity index (χ0) is 17.2. The quantitative estimate of drug-likeness (QED) is 0.542. The van der Waals surface area contributed by atoms with Crippen molar-refractivity contribution in [1.82, 2.24) is 0 Å². The lowest BCUT2D eigenvalue weighted by Crippen LogP contribution is -2.24. The number of hydrogen-bond acceptors (Lipinski definition) is 3. The maximum Gasteiger partial charge on any atom is 0.338 e. The Labute approximate surface area is 145 Å². The van der Waals surface area contributed by atoms with Crippen LogP contribution >= 0.6 is 0 Å². The van der Waals surface area contributed by atoms with Crippen molar-refractivity contribution in [2.75, 3.05) is 11.9 Å². The smallest absolute Gasteiger partial charge is 0.338 e. The first-order valence-corrected chi connectivity index (χ1v) is 9.28.